The molecule has 0 saturated heterocycles. The Hall–Kier alpha value is -0.0800. The van der Waals surface area contributed by atoms with Gasteiger partial charge in [-0.3, -0.25) is 0 Å². The van der Waals surface area contributed by atoms with Crippen molar-refractivity contribution >= 4 is 0 Å². The zero-order valence-corrected chi connectivity index (χ0v) is 15.1. The molecule has 0 saturated carbocycles. The molecule has 0 aromatic heterocycles. The summed E-state index contributed by atoms with van der Waals surface area (Å²) in [5.74, 6) is 0. The fourth-order valence-electron chi connectivity index (χ4n) is 1.15. The van der Waals surface area contributed by atoms with E-state index >= 15 is 0 Å². The highest BCUT2D eigenvalue weighted by Gasteiger charge is 2.05. The predicted molar refractivity (Wildman–Crippen MR) is 89.6 cm³/mol. The van der Waals surface area contributed by atoms with Crippen LogP contribution in [0.1, 0.15) is 74.7 Å². The first-order chi connectivity index (χ1) is 8.63. The van der Waals surface area contributed by atoms with Gasteiger partial charge in [-0.15, -0.1) is 0 Å². The molecule has 0 aliphatic heterocycles. The minimum Gasteiger partial charge on any atom is -0.320 e. The Kier molecular flexibility index (Phi) is 44.4. The van der Waals surface area contributed by atoms with Gasteiger partial charge in [0.15, 0.2) is 0 Å². The Morgan fingerprint density at radius 2 is 1.39 bits per heavy atom. The topological polar surface area (TPSA) is 15.3 Å². The van der Waals surface area contributed by atoms with Gasteiger partial charge in [0.1, 0.15) is 0 Å². The van der Waals surface area contributed by atoms with Crippen molar-refractivity contribution in [3.8, 4) is 0 Å². The molecule has 0 amide bonds. The quantitative estimate of drug-likeness (QED) is 0.740. The van der Waals surface area contributed by atoms with Crippen LogP contribution in [0.3, 0.4) is 0 Å². The van der Waals surface area contributed by atoms with Gasteiger partial charge in [0.25, 0.3) is 0 Å². The monoisotopic (exact) mass is 262 g/mol. The van der Waals surface area contributed by atoms with Gasteiger partial charge < -0.3 is 10.2 Å². The van der Waals surface area contributed by atoms with E-state index in [1.807, 2.05) is 34.7 Å². The molecule has 0 radical (unpaired) electrons. The van der Waals surface area contributed by atoms with Crippen LogP contribution in [-0.4, -0.2) is 38.1 Å². The van der Waals surface area contributed by atoms with E-state index in [4.69, 9.17) is 0 Å². The molecule has 116 valence electrons. The smallest absolute Gasteiger partial charge is 0.00759 e. The minimum absolute atomic E-state index is 0.711. The van der Waals surface area contributed by atoms with Crippen molar-refractivity contribution < 1.29 is 0 Å². The summed E-state index contributed by atoms with van der Waals surface area (Å²) in [6, 6.07) is 0.711. The molecule has 1 atom stereocenters. The van der Waals surface area contributed by atoms with Gasteiger partial charge in [0.2, 0.25) is 0 Å². The predicted octanol–water partition coefficient (Wildman–Crippen LogP) is 4.79. The van der Waals surface area contributed by atoms with Crippen molar-refractivity contribution in [2.75, 3.05) is 27.2 Å². The van der Waals surface area contributed by atoms with Gasteiger partial charge in [-0.05, 0) is 47.0 Å². The molecular weight excluding hydrogens is 220 g/mol. The Morgan fingerprint density at radius 3 is 1.67 bits per heavy atom. The van der Waals surface area contributed by atoms with Gasteiger partial charge in [-0.1, -0.05) is 54.9 Å². The third kappa shape index (κ3) is 29.7. The van der Waals surface area contributed by atoms with E-state index in [1.54, 1.807) is 0 Å². The summed E-state index contributed by atoms with van der Waals surface area (Å²) in [5.41, 5.74) is 0. The van der Waals surface area contributed by atoms with E-state index in [2.05, 4.69) is 45.0 Å². The lowest BCUT2D eigenvalue weighted by Gasteiger charge is -2.23. The molecular formula is C16H42N2. The summed E-state index contributed by atoms with van der Waals surface area (Å²) in [4.78, 5) is 2.41. The number of hydrogen-bond donors (Lipinski definition) is 1. The van der Waals surface area contributed by atoms with Crippen molar-refractivity contribution in [2.45, 2.75) is 80.7 Å². The van der Waals surface area contributed by atoms with E-state index in [9.17, 15) is 0 Å². The first kappa shape index (κ1) is 26.5. The van der Waals surface area contributed by atoms with Crippen LogP contribution in [0.2, 0.25) is 0 Å². The zero-order valence-electron chi connectivity index (χ0n) is 15.1. The molecule has 0 aliphatic carbocycles. The lowest BCUT2D eigenvalue weighted by Crippen LogP contribution is -2.32. The Balaban J connectivity index is -0.000000118. The van der Waals surface area contributed by atoms with Crippen LogP contribution in [0.25, 0.3) is 0 Å². The van der Waals surface area contributed by atoms with Crippen molar-refractivity contribution in [3.05, 3.63) is 0 Å². The minimum atomic E-state index is 0.711. The molecule has 0 aliphatic rings. The highest BCUT2D eigenvalue weighted by molar-refractivity contribution is 4.63. The number of rotatable bonds is 6. The van der Waals surface area contributed by atoms with Gasteiger partial charge in [0, 0.05) is 6.04 Å². The largest absolute Gasteiger partial charge is 0.320 e. The van der Waals surface area contributed by atoms with Crippen molar-refractivity contribution in [2.24, 2.45) is 0 Å². The van der Waals surface area contributed by atoms with E-state index < -0.39 is 0 Å². The lowest BCUT2D eigenvalue weighted by molar-refractivity contribution is 0.246. The summed E-state index contributed by atoms with van der Waals surface area (Å²) in [5, 5.41) is 3.17. The van der Waals surface area contributed by atoms with Gasteiger partial charge in [-0.2, -0.15) is 0 Å². The first-order valence-electron chi connectivity index (χ1n) is 7.98. The van der Waals surface area contributed by atoms with Crippen LogP contribution in [0.15, 0.2) is 0 Å². The molecule has 0 aromatic carbocycles. The summed E-state index contributed by atoms with van der Waals surface area (Å²) < 4.78 is 0. The third-order valence-corrected chi connectivity index (χ3v) is 2.14. The van der Waals surface area contributed by atoms with Crippen molar-refractivity contribution in [3.63, 3.8) is 0 Å². The van der Waals surface area contributed by atoms with Gasteiger partial charge in [0.05, 0.1) is 0 Å². The highest BCUT2D eigenvalue weighted by Crippen LogP contribution is 2.00. The molecule has 0 fully saturated rings. The molecule has 18 heavy (non-hydrogen) atoms. The lowest BCUT2D eigenvalue weighted by atomic mass is 10.2. The Labute approximate surface area is 119 Å². The second-order valence-corrected chi connectivity index (χ2v) is 3.93. The van der Waals surface area contributed by atoms with Crippen molar-refractivity contribution in [1.82, 2.24) is 10.2 Å². The van der Waals surface area contributed by atoms with Crippen LogP contribution < -0.4 is 5.32 Å². The molecule has 2 nitrogen and oxygen atoms in total. The molecule has 0 aromatic rings. The normalized spacial score (nSPS) is 10.2. The van der Waals surface area contributed by atoms with Gasteiger partial charge >= 0.3 is 0 Å². The summed E-state index contributed by atoms with van der Waals surface area (Å²) in [6.45, 7) is 19.1. The summed E-state index contributed by atoms with van der Waals surface area (Å²) in [7, 11) is 4.20. The maximum absolute atomic E-state index is 3.17. The summed E-state index contributed by atoms with van der Waals surface area (Å²) >= 11 is 0. The average molecular weight is 263 g/mol. The molecule has 1 unspecified atom stereocenters. The maximum Gasteiger partial charge on any atom is 0.00759 e. The van der Waals surface area contributed by atoms with E-state index in [0.717, 1.165) is 6.54 Å². The second kappa shape index (κ2) is 30.2. The van der Waals surface area contributed by atoms with Crippen LogP contribution in [-0.2, 0) is 0 Å². The molecule has 1 N–H and O–H groups in total. The number of nitrogens with one attached hydrogen (secondary N) is 1. The average Bonchev–Trinajstić information content (AvgIpc) is 2.41. The Morgan fingerprint density at radius 1 is 1.00 bits per heavy atom. The van der Waals surface area contributed by atoms with Crippen LogP contribution >= 0.6 is 0 Å². The van der Waals surface area contributed by atoms with Crippen LogP contribution in [0, 0.1) is 0 Å². The van der Waals surface area contributed by atoms with Crippen molar-refractivity contribution in [1.29, 1.82) is 0 Å². The van der Waals surface area contributed by atoms with E-state index in [0.29, 0.717) is 6.04 Å². The fraction of sp³-hybridized carbons (Fsp3) is 1.00. The van der Waals surface area contributed by atoms with E-state index in [-0.39, 0.29) is 0 Å². The zero-order chi connectivity index (χ0) is 15.4. The molecule has 0 spiro atoms. The van der Waals surface area contributed by atoms with Gasteiger partial charge in [-0.25, -0.2) is 0 Å². The van der Waals surface area contributed by atoms with Crippen LogP contribution in [0.5, 0.6) is 0 Å². The molecule has 2 heteroatoms. The fourth-order valence-corrected chi connectivity index (χ4v) is 1.15. The number of hydrogen-bond acceptors (Lipinski definition) is 2. The van der Waals surface area contributed by atoms with E-state index in [1.165, 1.54) is 25.8 Å². The SMILES string of the molecule is CC.CC.CCC.CCCN(C)C(C)CCNC. The standard InChI is InChI=1S/C9H22N2.C3H8.2C2H6/c1-5-8-11(4)9(2)6-7-10-3;1-3-2;2*1-2/h9-10H,5-8H2,1-4H3;3H2,1-2H3;2*1-2H3. The molecule has 0 bridgehead atoms. The van der Waals surface area contributed by atoms with Crippen LogP contribution in [0.4, 0.5) is 0 Å². The Bertz CT molecular complexity index is 95.1. The third-order valence-electron chi connectivity index (χ3n) is 2.14. The highest BCUT2D eigenvalue weighted by atomic mass is 15.1. The summed E-state index contributed by atoms with van der Waals surface area (Å²) in [6.07, 6.45) is 3.74. The molecule has 0 heterocycles. The molecule has 0 rings (SSSR count). The second-order valence-electron chi connectivity index (χ2n) is 3.93. The maximum atomic E-state index is 3.17. The number of nitrogens with zero attached hydrogens (tertiary/aromatic N) is 1. The first-order valence-corrected chi connectivity index (χ1v) is 7.98.